The molecule has 0 spiro atoms. The second-order valence-electron chi connectivity index (χ2n) is 9.70. The maximum atomic E-state index is 5.66. The normalized spacial score (nSPS) is 13.4. The van der Waals surface area contributed by atoms with E-state index in [0.29, 0.717) is 0 Å². The van der Waals surface area contributed by atoms with E-state index in [-0.39, 0.29) is 0 Å². The Morgan fingerprint density at radius 1 is 0.500 bits per heavy atom. The number of methoxy groups -OCH3 is 4. The monoisotopic (exact) mass is 505 g/mol. The summed E-state index contributed by atoms with van der Waals surface area (Å²) in [5, 5.41) is 1.92. The zero-order chi connectivity index (χ0) is 26.0. The summed E-state index contributed by atoms with van der Waals surface area (Å²) in [5.41, 5.74) is 10.2. The highest BCUT2D eigenvalue weighted by atomic mass is 16.5. The minimum atomic E-state index is 0.723. The average Bonchev–Trinajstić information content (AvgIpc) is 2.97. The van der Waals surface area contributed by atoms with Crippen molar-refractivity contribution in [2.24, 2.45) is 0 Å². The molecule has 190 valence electrons. The van der Waals surface area contributed by atoms with E-state index >= 15 is 0 Å². The first-order chi connectivity index (χ1) is 18.6. The number of benzene rings is 2. The summed E-state index contributed by atoms with van der Waals surface area (Å²) in [6, 6.07) is 14.3. The third kappa shape index (κ3) is 3.24. The molecule has 0 atom stereocenters. The lowest BCUT2D eigenvalue weighted by Gasteiger charge is -2.25. The van der Waals surface area contributed by atoms with Gasteiger partial charge >= 0.3 is 0 Å². The molecule has 5 aromatic rings. The lowest BCUT2D eigenvalue weighted by Crippen LogP contribution is -2.14. The molecule has 7 rings (SSSR count). The first kappa shape index (κ1) is 22.8. The van der Waals surface area contributed by atoms with E-state index in [1.165, 1.54) is 11.1 Å². The lowest BCUT2D eigenvalue weighted by molar-refractivity contribution is 0.409. The molecule has 38 heavy (non-hydrogen) atoms. The Labute approximate surface area is 220 Å². The first-order valence-corrected chi connectivity index (χ1v) is 12.8. The van der Waals surface area contributed by atoms with Crippen molar-refractivity contribution in [1.29, 1.82) is 0 Å². The molecular weight excluding hydrogens is 478 g/mol. The Morgan fingerprint density at radius 2 is 0.921 bits per heavy atom. The van der Waals surface area contributed by atoms with Crippen molar-refractivity contribution in [3.8, 4) is 45.5 Å². The molecular formula is C31H27N3O4. The first-order valence-electron chi connectivity index (χ1n) is 12.8. The van der Waals surface area contributed by atoms with Gasteiger partial charge in [0.05, 0.1) is 51.2 Å². The number of hydrogen-bond donors (Lipinski definition) is 0. The standard InChI is InChI=1S/C31H27N3O4/c1-35-24-9-11-26(37-3)30-20(24)13-16-5-7-22-18(28(16)33-30)15-19-23(32-22)8-6-17-14-21-25(36-2)10-12-27(38-4)31(21)34-29(17)19/h9-15H,5-8H2,1-4H3. The van der Waals surface area contributed by atoms with E-state index in [1.54, 1.807) is 28.4 Å². The van der Waals surface area contributed by atoms with Crippen LogP contribution in [-0.2, 0) is 25.7 Å². The topological polar surface area (TPSA) is 75.6 Å². The molecule has 2 aliphatic rings. The predicted octanol–water partition coefficient (Wildman–Crippen LogP) is 5.74. The van der Waals surface area contributed by atoms with Gasteiger partial charge in [0.15, 0.2) is 0 Å². The fraction of sp³-hybridized carbons (Fsp3) is 0.258. The minimum absolute atomic E-state index is 0.723. The molecule has 2 aliphatic carbocycles. The van der Waals surface area contributed by atoms with Gasteiger partial charge < -0.3 is 18.9 Å². The Bertz CT molecular complexity index is 1650. The number of pyridine rings is 3. The van der Waals surface area contributed by atoms with E-state index in [2.05, 4.69) is 18.2 Å². The summed E-state index contributed by atoms with van der Waals surface area (Å²) in [6.45, 7) is 0. The van der Waals surface area contributed by atoms with Crippen molar-refractivity contribution in [1.82, 2.24) is 15.0 Å². The highest BCUT2D eigenvalue weighted by Gasteiger charge is 2.27. The van der Waals surface area contributed by atoms with Crippen LogP contribution in [-0.4, -0.2) is 43.4 Å². The van der Waals surface area contributed by atoms with Gasteiger partial charge in [-0.05, 0) is 79.3 Å². The van der Waals surface area contributed by atoms with Gasteiger partial charge in [0, 0.05) is 21.9 Å². The number of fused-ring (bicyclic) bond motifs is 8. The van der Waals surface area contributed by atoms with Gasteiger partial charge in [0.2, 0.25) is 0 Å². The van der Waals surface area contributed by atoms with Crippen LogP contribution in [0.25, 0.3) is 44.3 Å². The largest absolute Gasteiger partial charge is 0.496 e. The Balaban J connectivity index is 1.46. The van der Waals surface area contributed by atoms with Crippen molar-refractivity contribution < 1.29 is 18.9 Å². The van der Waals surface area contributed by atoms with Crippen molar-refractivity contribution in [2.45, 2.75) is 25.7 Å². The highest BCUT2D eigenvalue weighted by molar-refractivity contribution is 5.95. The second-order valence-corrected chi connectivity index (χ2v) is 9.70. The zero-order valence-corrected chi connectivity index (χ0v) is 21.8. The van der Waals surface area contributed by atoms with Gasteiger partial charge in [-0.1, -0.05) is 0 Å². The molecule has 7 nitrogen and oxygen atoms in total. The number of aromatic nitrogens is 3. The van der Waals surface area contributed by atoms with Crippen LogP contribution >= 0.6 is 0 Å². The third-order valence-corrected chi connectivity index (χ3v) is 7.81. The highest BCUT2D eigenvalue weighted by Crippen LogP contribution is 2.43. The lowest BCUT2D eigenvalue weighted by atomic mass is 9.85. The van der Waals surface area contributed by atoms with Crippen LogP contribution in [0.15, 0.2) is 42.5 Å². The van der Waals surface area contributed by atoms with Crippen molar-refractivity contribution in [3.63, 3.8) is 0 Å². The smallest absolute Gasteiger partial charge is 0.145 e. The SMILES string of the molecule is COc1ccc(OC)c2nc3c(cc12)CCc1nc2c(cc1-3)-c1nc3c(OC)ccc(OC)c3cc1CC2. The summed E-state index contributed by atoms with van der Waals surface area (Å²) in [4.78, 5) is 15.5. The Kier molecular flexibility index (Phi) is 5.15. The number of aryl methyl sites for hydroxylation is 4. The molecule has 3 aromatic heterocycles. The van der Waals surface area contributed by atoms with Crippen LogP contribution < -0.4 is 18.9 Å². The number of nitrogens with zero attached hydrogens (tertiary/aromatic N) is 3. The molecule has 0 bridgehead atoms. The summed E-state index contributed by atoms with van der Waals surface area (Å²) < 4.78 is 22.6. The van der Waals surface area contributed by atoms with Gasteiger partial charge in [-0.15, -0.1) is 0 Å². The van der Waals surface area contributed by atoms with Gasteiger partial charge in [0.1, 0.15) is 34.0 Å². The number of ether oxygens (including phenoxy) is 4. The summed E-state index contributed by atoms with van der Waals surface area (Å²) in [5.74, 6) is 3.03. The predicted molar refractivity (Wildman–Crippen MR) is 147 cm³/mol. The van der Waals surface area contributed by atoms with Gasteiger partial charge in [-0.3, -0.25) is 4.98 Å². The van der Waals surface area contributed by atoms with Crippen LogP contribution in [0.4, 0.5) is 0 Å². The molecule has 0 amide bonds. The summed E-state index contributed by atoms with van der Waals surface area (Å²) >= 11 is 0. The molecule has 3 heterocycles. The van der Waals surface area contributed by atoms with Crippen LogP contribution in [0, 0.1) is 0 Å². The van der Waals surface area contributed by atoms with E-state index in [4.69, 9.17) is 33.9 Å². The summed E-state index contributed by atoms with van der Waals surface area (Å²) in [7, 11) is 6.71. The quantitative estimate of drug-likeness (QED) is 0.308. The molecule has 0 aliphatic heterocycles. The fourth-order valence-electron chi connectivity index (χ4n) is 5.93. The fourth-order valence-corrected chi connectivity index (χ4v) is 5.93. The summed E-state index contributed by atoms with van der Waals surface area (Å²) in [6.07, 6.45) is 3.51. The number of hydrogen-bond acceptors (Lipinski definition) is 7. The Morgan fingerprint density at radius 3 is 1.34 bits per heavy atom. The van der Waals surface area contributed by atoms with Crippen molar-refractivity contribution >= 4 is 21.8 Å². The van der Waals surface area contributed by atoms with Gasteiger partial charge in [0.25, 0.3) is 0 Å². The molecule has 0 fully saturated rings. The van der Waals surface area contributed by atoms with Crippen molar-refractivity contribution in [3.05, 3.63) is 65.0 Å². The Hall–Kier alpha value is -4.39. The molecule has 0 N–H and O–H groups in total. The van der Waals surface area contributed by atoms with Crippen molar-refractivity contribution in [2.75, 3.05) is 28.4 Å². The van der Waals surface area contributed by atoms with Crippen LogP contribution in [0.5, 0.6) is 23.0 Å². The minimum Gasteiger partial charge on any atom is -0.496 e. The third-order valence-electron chi connectivity index (χ3n) is 7.81. The molecule has 0 saturated carbocycles. The maximum absolute atomic E-state index is 5.66. The molecule has 0 saturated heterocycles. The van der Waals surface area contributed by atoms with Crippen LogP contribution in [0.2, 0.25) is 0 Å². The molecule has 0 unspecified atom stereocenters. The van der Waals surface area contributed by atoms with Crippen LogP contribution in [0.1, 0.15) is 22.5 Å². The van der Waals surface area contributed by atoms with Gasteiger partial charge in [-0.2, -0.15) is 0 Å². The van der Waals surface area contributed by atoms with E-state index < -0.39 is 0 Å². The van der Waals surface area contributed by atoms with E-state index in [9.17, 15) is 0 Å². The average molecular weight is 506 g/mol. The second kappa shape index (κ2) is 8.58. The van der Waals surface area contributed by atoms with Crippen LogP contribution in [0.3, 0.4) is 0 Å². The van der Waals surface area contributed by atoms with Gasteiger partial charge in [-0.25, -0.2) is 9.97 Å². The maximum Gasteiger partial charge on any atom is 0.145 e. The number of rotatable bonds is 4. The van der Waals surface area contributed by atoms with E-state index in [1.807, 2.05) is 24.3 Å². The van der Waals surface area contributed by atoms with E-state index in [0.717, 1.165) is 104 Å². The molecule has 0 radical (unpaired) electrons. The molecule has 7 heteroatoms. The molecule has 2 aromatic carbocycles. The zero-order valence-electron chi connectivity index (χ0n) is 21.8.